The minimum atomic E-state index is 0.299. The molecular formula is C17H25BrN2O. The van der Waals surface area contributed by atoms with E-state index in [0.29, 0.717) is 18.4 Å². The van der Waals surface area contributed by atoms with E-state index < -0.39 is 0 Å². The van der Waals surface area contributed by atoms with E-state index in [1.165, 1.54) is 12.0 Å². The Kier molecular flexibility index (Phi) is 6.71. The molecule has 1 amide bonds. The lowest BCUT2D eigenvalue weighted by atomic mass is 10.0. The van der Waals surface area contributed by atoms with Gasteiger partial charge in [0.25, 0.3) is 0 Å². The van der Waals surface area contributed by atoms with Crippen LogP contribution in [0.1, 0.15) is 50.6 Å². The summed E-state index contributed by atoms with van der Waals surface area (Å²) in [5.74, 6) is 0.299. The lowest BCUT2D eigenvalue weighted by molar-refractivity contribution is -0.132. The van der Waals surface area contributed by atoms with Crippen molar-refractivity contribution in [2.75, 3.05) is 19.6 Å². The van der Waals surface area contributed by atoms with E-state index in [4.69, 9.17) is 0 Å². The van der Waals surface area contributed by atoms with Gasteiger partial charge in [0, 0.05) is 36.6 Å². The van der Waals surface area contributed by atoms with E-state index in [1.54, 1.807) is 0 Å². The second-order valence-corrected chi connectivity index (χ2v) is 6.57. The molecule has 0 aliphatic carbocycles. The molecule has 1 aromatic carbocycles. The molecule has 1 heterocycles. The molecule has 1 aliphatic heterocycles. The van der Waals surface area contributed by atoms with E-state index in [-0.39, 0.29) is 0 Å². The second-order valence-electron chi connectivity index (χ2n) is 5.66. The second kappa shape index (κ2) is 8.54. The minimum Gasteiger partial charge on any atom is -0.343 e. The van der Waals surface area contributed by atoms with Crippen LogP contribution in [0.3, 0.4) is 0 Å². The van der Waals surface area contributed by atoms with Gasteiger partial charge in [-0.25, -0.2) is 0 Å². The Morgan fingerprint density at radius 1 is 1.24 bits per heavy atom. The van der Waals surface area contributed by atoms with Gasteiger partial charge >= 0.3 is 0 Å². The summed E-state index contributed by atoms with van der Waals surface area (Å²) in [6.45, 7) is 4.82. The molecule has 1 aromatic rings. The molecule has 1 unspecified atom stereocenters. The van der Waals surface area contributed by atoms with Crippen LogP contribution in [0.5, 0.6) is 0 Å². The standard InChI is InChI=1S/C17H25BrN2O/c1-2-16(14-6-8-15(18)9-7-14)19-11-10-17(21)20-12-4-3-5-13-20/h6-9,16,19H,2-5,10-13H2,1H3. The number of nitrogens with one attached hydrogen (secondary N) is 1. The Morgan fingerprint density at radius 3 is 2.52 bits per heavy atom. The molecule has 1 aliphatic rings. The summed E-state index contributed by atoms with van der Waals surface area (Å²) >= 11 is 3.46. The molecular weight excluding hydrogens is 328 g/mol. The van der Waals surface area contributed by atoms with Gasteiger partial charge in [0.05, 0.1) is 0 Å². The van der Waals surface area contributed by atoms with Gasteiger partial charge in [0.15, 0.2) is 0 Å². The Bertz CT molecular complexity index is 441. The van der Waals surface area contributed by atoms with Gasteiger partial charge in [-0.1, -0.05) is 35.0 Å². The van der Waals surface area contributed by atoms with Gasteiger partial charge in [-0.05, 0) is 43.4 Å². The van der Waals surface area contributed by atoms with Crippen LogP contribution < -0.4 is 5.32 Å². The highest BCUT2D eigenvalue weighted by atomic mass is 79.9. The number of hydrogen-bond donors (Lipinski definition) is 1. The highest BCUT2D eigenvalue weighted by Gasteiger charge is 2.16. The number of halogens is 1. The Labute approximate surface area is 136 Å². The molecule has 2 rings (SSSR count). The highest BCUT2D eigenvalue weighted by molar-refractivity contribution is 9.10. The zero-order chi connectivity index (χ0) is 15.1. The van der Waals surface area contributed by atoms with Crippen LogP contribution in [0.2, 0.25) is 0 Å². The highest BCUT2D eigenvalue weighted by Crippen LogP contribution is 2.19. The minimum absolute atomic E-state index is 0.299. The molecule has 1 atom stereocenters. The third-order valence-electron chi connectivity index (χ3n) is 4.12. The lowest BCUT2D eigenvalue weighted by Crippen LogP contribution is -2.37. The van der Waals surface area contributed by atoms with Crippen LogP contribution in [0.15, 0.2) is 28.7 Å². The summed E-state index contributed by atoms with van der Waals surface area (Å²) < 4.78 is 1.10. The predicted octanol–water partition coefficient (Wildman–Crippen LogP) is 3.89. The fraction of sp³-hybridized carbons (Fsp3) is 0.588. The smallest absolute Gasteiger partial charge is 0.223 e. The number of benzene rings is 1. The number of amides is 1. The number of likely N-dealkylation sites (tertiary alicyclic amines) is 1. The maximum absolute atomic E-state index is 12.1. The first-order valence-corrected chi connectivity index (χ1v) is 8.76. The van der Waals surface area contributed by atoms with E-state index in [0.717, 1.165) is 43.4 Å². The lowest BCUT2D eigenvalue weighted by Gasteiger charge is -2.27. The van der Waals surface area contributed by atoms with Crippen LogP contribution in [0.25, 0.3) is 0 Å². The summed E-state index contributed by atoms with van der Waals surface area (Å²) in [5, 5.41) is 3.51. The molecule has 116 valence electrons. The summed E-state index contributed by atoms with van der Waals surface area (Å²) in [6, 6.07) is 8.74. The summed E-state index contributed by atoms with van der Waals surface area (Å²) in [7, 11) is 0. The molecule has 4 heteroatoms. The fourth-order valence-electron chi connectivity index (χ4n) is 2.85. The maximum Gasteiger partial charge on any atom is 0.223 e. The number of piperidine rings is 1. The SMILES string of the molecule is CCC(NCCC(=O)N1CCCCC1)c1ccc(Br)cc1. The van der Waals surface area contributed by atoms with Gasteiger partial charge in [-0.2, -0.15) is 0 Å². The Morgan fingerprint density at radius 2 is 1.90 bits per heavy atom. The monoisotopic (exact) mass is 352 g/mol. The Hall–Kier alpha value is -0.870. The average molecular weight is 353 g/mol. The first-order chi connectivity index (χ1) is 10.2. The van der Waals surface area contributed by atoms with Crippen molar-refractivity contribution in [3.05, 3.63) is 34.3 Å². The molecule has 1 saturated heterocycles. The van der Waals surface area contributed by atoms with E-state index in [2.05, 4.69) is 52.4 Å². The van der Waals surface area contributed by atoms with Crippen molar-refractivity contribution in [1.29, 1.82) is 0 Å². The summed E-state index contributed by atoms with van der Waals surface area (Å²) in [4.78, 5) is 14.1. The van der Waals surface area contributed by atoms with Gasteiger partial charge < -0.3 is 10.2 Å². The topological polar surface area (TPSA) is 32.3 Å². The summed E-state index contributed by atoms with van der Waals surface area (Å²) in [5.41, 5.74) is 1.28. The van der Waals surface area contributed by atoms with Crippen LogP contribution in [0.4, 0.5) is 0 Å². The molecule has 1 N–H and O–H groups in total. The third-order valence-corrected chi connectivity index (χ3v) is 4.65. The van der Waals surface area contributed by atoms with Crippen molar-refractivity contribution in [2.24, 2.45) is 0 Å². The number of nitrogens with zero attached hydrogens (tertiary/aromatic N) is 1. The van der Waals surface area contributed by atoms with Crippen molar-refractivity contribution in [3.63, 3.8) is 0 Å². The van der Waals surface area contributed by atoms with Crippen molar-refractivity contribution < 1.29 is 4.79 Å². The molecule has 0 radical (unpaired) electrons. The molecule has 21 heavy (non-hydrogen) atoms. The number of carbonyl (C=O) groups excluding carboxylic acids is 1. The van der Waals surface area contributed by atoms with Gasteiger partial charge in [-0.15, -0.1) is 0 Å². The molecule has 0 spiro atoms. The van der Waals surface area contributed by atoms with E-state index in [1.807, 2.05) is 4.90 Å². The quantitative estimate of drug-likeness (QED) is 0.842. The van der Waals surface area contributed by atoms with Crippen molar-refractivity contribution in [1.82, 2.24) is 10.2 Å². The van der Waals surface area contributed by atoms with Gasteiger partial charge in [-0.3, -0.25) is 4.79 Å². The average Bonchev–Trinajstić information content (AvgIpc) is 2.53. The van der Waals surface area contributed by atoms with E-state index in [9.17, 15) is 4.79 Å². The van der Waals surface area contributed by atoms with Gasteiger partial charge in [0.2, 0.25) is 5.91 Å². The number of carbonyl (C=O) groups is 1. The third kappa shape index (κ3) is 5.11. The van der Waals surface area contributed by atoms with Crippen molar-refractivity contribution >= 4 is 21.8 Å². The zero-order valence-corrected chi connectivity index (χ0v) is 14.4. The van der Waals surface area contributed by atoms with E-state index >= 15 is 0 Å². The largest absolute Gasteiger partial charge is 0.343 e. The first-order valence-electron chi connectivity index (χ1n) is 7.97. The predicted molar refractivity (Wildman–Crippen MR) is 90.2 cm³/mol. The normalized spacial score (nSPS) is 16.8. The zero-order valence-electron chi connectivity index (χ0n) is 12.8. The van der Waals surface area contributed by atoms with Gasteiger partial charge in [0.1, 0.15) is 0 Å². The molecule has 0 saturated carbocycles. The van der Waals surface area contributed by atoms with Crippen LogP contribution in [-0.2, 0) is 4.79 Å². The van der Waals surface area contributed by atoms with Crippen LogP contribution in [0, 0.1) is 0 Å². The Balaban J connectivity index is 1.77. The van der Waals surface area contributed by atoms with Crippen LogP contribution in [-0.4, -0.2) is 30.4 Å². The first kappa shape index (κ1) is 16.5. The molecule has 0 aromatic heterocycles. The van der Waals surface area contributed by atoms with Crippen molar-refractivity contribution in [3.8, 4) is 0 Å². The maximum atomic E-state index is 12.1. The molecule has 1 fully saturated rings. The van der Waals surface area contributed by atoms with Crippen molar-refractivity contribution in [2.45, 2.75) is 45.1 Å². The molecule has 3 nitrogen and oxygen atoms in total. The fourth-order valence-corrected chi connectivity index (χ4v) is 3.11. The number of rotatable bonds is 6. The van der Waals surface area contributed by atoms with Crippen LogP contribution >= 0.6 is 15.9 Å². The molecule has 0 bridgehead atoms. The summed E-state index contributed by atoms with van der Waals surface area (Å²) in [6.07, 6.45) is 5.22. The number of hydrogen-bond acceptors (Lipinski definition) is 2.